The van der Waals surface area contributed by atoms with Crippen molar-refractivity contribution in [3.05, 3.63) is 52.1 Å². The highest BCUT2D eigenvalue weighted by atomic mass is 16.6. The van der Waals surface area contributed by atoms with Crippen LogP contribution >= 0.6 is 0 Å². The fourth-order valence-corrected chi connectivity index (χ4v) is 1.62. The van der Waals surface area contributed by atoms with E-state index < -0.39 is 4.92 Å². The molecule has 0 bridgehead atoms. The molecule has 2 aromatic carbocycles. The first-order valence-corrected chi connectivity index (χ1v) is 5.66. The van der Waals surface area contributed by atoms with Gasteiger partial charge < -0.3 is 10.2 Å². The summed E-state index contributed by atoms with van der Waals surface area (Å²) in [6.45, 7) is 1.67. The molecule has 0 saturated heterocycles. The smallest absolute Gasteiger partial charge is 0.269 e. The van der Waals surface area contributed by atoms with Crippen LogP contribution in [0.5, 0.6) is 11.5 Å². The molecule has 0 spiro atoms. The number of azo groups is 1. The van der Waals surface area contributed by atoms with Gasteiger partial charge in [-0.15, -0.1) is 5.11 Å². The van der Waals surface area contributed by atoms with Crippen molar-refractivity contribution >= 4 is 17.1 Å². The van der Waals surface area contributed by atoms with Gasteiger partial charge in [-0.25, -0.2) is 0 Å². The van der Waals surface area contributed by atoms with Gasteiger partial charge in [0.15, 0.2) is 0 Å². The Kier molecular flexibility index (Phi) is 3.60. The van der Waals surface area contributed by atoms with Crippen LogP contribution in [0.4, 0.5) is 17.1 Å². The second kappa shape index (κ2) is 5.35. The van der Waals surface area contributed by atoms with Crippen molar-refractivity contribution in [1.82, 2.24) is 0 Å². The zero-order chi connectivity index (χ0) is 14.7. The first-order valence-electron chi connectivity index (χ1n) is 5.66. The third-order valence-electron chi connectivity index (χ3n) is 2.59. The van der Waals surface area contributed by atoms with Gasteiger partial charge in [-0.3, -0.25) is 10.1 Å². The van der Waals surface area contributed by atoms with Crippen LogP contribution in [0.2, 0.25) is 0 Å². The molecule has 0 aliphatic carbocycles. The Hall–Kier alpha value is -2.96. The van der Waals surface area contributed by atoms with E-state index >= 15 is 0 Å². The zero-order valence-electron chi connectivity index (χ0n) is 10.5. The summed E-state index contributed by atoms with van der Waals surface area (Å²) >= 11 is 0. The topological polar surface area (TPSA) is 108 Å². The van der Waals surface area contributed by atoms with Gasteiger partial charge in [0.25, 0.3) is 5.69 Å². The summed E-state index contributed by atoms with van der Waals surface area (Å²) in [5.41, 5.74) is 1.18. The van der Waals surface area contributed by atoms with E-state index in [2.05, 4.69) is 10.2 Å². The Morgan fingerprint density at radius 2 is 1.75 bits per heavy atom. The average Bonchev–Trinajstić information content (AvgIpc) is 2.38. The van der Waals surface area contributed by atoms with Crippen molar-refractivity contribution < 1.29 is 15.1 Å². The predicted octanol–water partition coefficient (Wildman–Crippen LogP) is 3.73. The van der Waals surface area contributed by atoms with Crippen LogP contribution in [0.3, 0.4) is 0 Å². The zero-order valence-corrected chi connectivity index (χ0v) is 10.5. The van der Waals surface area contributed by atoms with Crippen molar-refractivity contribution in [3.8, 4) is 11.5 Å². The summed E-state index contributed by atoms with van der Waals surface area (Å²) in [5, 5.41) is 37.2. The van der Waals surface area contributed by atoms with Crippen LogP contribution in [0, 0.1) is 17.0 Å². The van der Waals surface area contributed by atoms with Crippen LogP contribution in [-0.2, 0) is 0 Å². The van der Waals surface area contributed by atoms with Gasteiger partial charge in [-0.2, -0.15) is 5.11 Å². The Labute approximate surface area is 114 Å². The summed E-state index contributed by atoms with van der Waals surface area (Å²) in [6, 6.07) is 8.15. The van der Waals surface area contributed by atoms with Crippen molar-refractivity contribution in [2.24, 2.45) is 10.2 Å². The molecule has 0 atom stereocenters. The number of phenolic OH excluding ortho intramolecular Hbond substituents is 2. The Morgan fingerprint density at radius 3 is 2.30 bits per heavy atom. The molecule has 7 nitrogen and oxygen atoms in total. The summed E-state index contributed by atoms with van der Waals surface area (Å²) in [5.74, 6) is -0.248. The lowest BCUT2D eigenvalue weighted by atomic mass is 10.2. The highest BCUT2D eigenvalue weighted by Gasteiger charge is 2.07. The van der Waals surface area contributed by atoms with Crippen LogP contribution in [0.15, 0.2) is 46.6 Å². The monoisotopic (exact) mass is 273 g/mol. The number of phenols is 2. The maximum atomic E-state index is 10.5. The SMILES string of the molecule is Cc1cc(O)cc(O)c1/N=N/c1ccc([N+](=O)[O-])cc1. The van der Waals surface area contributed by atoms with E-state index in [1.54, 1.807) is 6.92 Å². The molecule has 0 fully saturated rings. The Morgan fingerprint density at radius 1 is 1.10 bits per heavy atom. The lowest BCUT2D eigenvalue weighted by Gasteiger charge is -2.03. The number of aromatic hydroxyl groups is 2. The minimum absolute atomic E-state index is 0.0346. The molecule has 2 rings (SSSR count). The molecule has 0 radical (unpaired) electrons. The van der Waals surface area contributed by atoms with Crippen molar-refractivity contribution in [2.45, 2.75) is 6.92 Å². The molecule has 2 aromatic rings. The molecule has 0 aromatic heterocycles. The van der Waals surface area contributed by atoms with Gasteiger partial charge in [0, 0.05) is 18.2 Å². The molecule has 0 aliphatic heterocycles. The van der Waals surface area contributed by atoms with E-state index in [-0.39, 0.29) is 22.9 Å². The molecule has 0 unspecified atom stereocenters. The van der Waals surface area contributed by atoms with Crippen LogP contribution in [0.25, 0.3) is 0 Å². The first-order chi connectivity index (χ1) is 9.47. The molecule has 0 heterocycles. The predicted molar refractivity (Wildman–Crippen MR) is 71.8 cm³/mol. The van der Waals surface area contributed by atoms with Crippen LogP contribution in [-0.4, -0.2) is 15.1 Å². The quantitative estimate of drug-likeness (QED) is 0.504. The van der Waals surface area contributed by atoms with E-state index in [1.165, 1.54) is 30.3 Å². The van der Waals surface area contributed by atoms with Gasteiger partial charge in [-0.1, -0.05) is 0 Å². The van der Waals surface area contributed by atoms with Crippen molar-refractivity contribution in [3.63, 3.8) is 0 Å². The molecule has 102 valence electrons. The third-order valence-corrected chi connectivity index (χ3v) is 2.59. The normalized spacial score (nSPS) is 10.8. The van der Waals surface area contributed by atoms with E-state index in [4.69, 9.17) is 0 Å². The van der Waals surface area contributed by atoms with Gasteiger partial charge in [0.05, 0.1) is 10.6 Å². The molecule has 0 aliphatic rings. The Balaban J connectivity index is 2.27. The molecule has 7 heteroatoms. The Bertz CT molecular complexity index is 658. The molecular weight excluding hydrogens is 262 g/mol. The maximum Gasteiger partial charge on any atom is 0.269 e. The van der Waals surface area contributed by atoms with Crippen LogP contribution < -0.4 is 0 Å². The number of nitrogens with zero attached hydrogens (tertiary/aromatic N) is 3. The second-order valence-electron chi connectivity index (χ2n) is 4.10. The number of rotatable bonds is 3. The molecular formula is C13H11N3O4. The number of hydrogen-bond donors (Lipinski definition) is 2. The highest BCUT2D eigenvalue weighted by molar-refractivity contribution is 5.59. The molecule has 20 heavy (non-hydrogen) atoms. The van der Waals surface area contributed by atoms with Gasteiger partial charge in [0.1, 0.15) is 17.2 Å². The third kappa shape index (κ3) is 2.89. The van der Waals surface area contributed by atoms with Gasteiger partial charge in [0.2, 0.25) is 0 Å². The van der Waals surface area contributed by atoms with E-state index in [9.17, 15) is 20.3 Å². The first kappa shape index (κ1) is 13.5. The summed E-state index contributed by atoms with van der Waals surface area (Å²) in [7, 11) is 0. The average molecular weight is 273 g/mol. The summed E-state index contributed by atoms with van der Waals surface area (Å²) in [6.07, 6.45) is 0. The van der Waals surface area contributed by atoms with Gasteiger partial charge in [-0.05, 0) is 30.7 Å². The minimum Gasteiger partial charge on any atom is -0.508 e. The van der Waals surface area contributed by atoms with Gasteiger partial charge >= 0.3 is 0 Å². The minimum atomic E-state index is -0.503. The number of non-ortho nitro benzene ring substituents is 1. The maximum absolute atomic E-state index is 10.5. The van der Waals surface area contributed by atoms with Crippen LogP contribution in [0.1, 0.15) is 5.56 Å². The number of nitro groups is 1. The fourth-order valence-electron chi connectivity index (χ4n) is 1.62. The largest absolute Gasteiger partial charge is 0.508 e. The van der Waals surface area contributed by atoms with E-state index in [0.717, 1.165) is 6.07 Å². The highest BCUT2D eigenvalue weighted by Crippen LogP contribution is 2.35. The lowest BCUT2D eigenvalue weighted by molar-refractivity contribution is -0.384. The second-order valence-corrected chi connectivity index (χ2v) is 4.10. The molecule has 2 N–H and O–H groups in total. The number of benzene rings is 2. The fraction of sp³-hybridized carbons (Fsp3) is 0.0769. The number of hydrogen-bond acceptors (Lipinski definition) is 6. The summed E-state index contributed by atoms with van der Waals surface area (Å²) in [4.78, 5) is 10.0. The number of nitro benzene ring substituents is 1. The molecule has 0 saturated carbocycles. The van der Waals surface area contributed by atoms with Crippen molar-refractivity contribution in [2.75, 3.05) is 0 Å². The number of aryl methyl sites for hydroxylation is 1. The van der Waals surface area contributed by atoms with Crippen molar-refractivity contribution in [1.29, 1.82) is 0 Å². The lowest BCUT2D eigenvalue weighted by Crippen LogP contribution is -1.85. The summed E-state index contributed by atoms with van der Waals surface area (Å²) < 4.78 is 0. The van der Waals surface area contributed by atoms with E-state index in [0.29, 0.717) is 11.3 Å². The molecule has 0 amide bonds. The van der Waals surface area contributed by atoms with E-state index in [1.807, 2.05) is 0 Å². The standard InChI is InChI=1S/C13H11N3O4/c1-8-6-11(17)7-12(18)13(8)15-14-9-2-4-10(5-3-9)16(19)20/h2-7,17-18H,1H3/b15-14+.